The van der Waals surface area contributed by atoms with E-state index in [1.807, 2.05) is 0 Å². The van der Waals surface area contributed by atoms with E-state index in [0.717, 1.165) is 25.9 Å². The summed E-state index contributed by atoms with van der Waals surface area (Å²) >= 11 is 0. The Labute approximate surface area is 65.7 Å². The number of hydroxylamine groups is 2. The third kappa shape index (κ3) is 2.86. The van der Waals surface area contributed by atoms with Gasteiger partial charge in [-0.3, -0.25) is 0 Å². The zero-order valence-corrected chi connectivity index (χ0v) is 6.41. The summed E-state index contributed by atoms with van der Waals surface area (Å²) in [5, 5.41) is 11.6. The molecule has 1 aliphatic rings. The first-order valence-corrected chi connectivity index (χ1v) is 3.87. The maximum absolute atomic E-state index is 10.5. The van der Waals surface area contributed by atoms with E-state index < -0.39 is 12.6 Å². The second kappa shape index (κ2) is 4.31. The monoisotopic (exact) mass is 158 g/mol. The lowest BCUT2D eigenvalue weighted by molar-refractivity contribution is -0.199. The van der Waals surface area contributed by atoms with Crippen LogP contribution in [0.15, 0.2) is 0 Å². The maximum Gasteiger partial charge on any atom is 0.354 e. The molecule has 1 rings (SSSR count). The topological polar surface area (TPSA) is 49.4 Å². The number of piperidine rings is 1. The zero-order valence-electron chi connectivity index (χ0n) is 6.41. The van der Waals surface area contributed by atoms with E-state index in [-0.39, 0.29) is 0 Å². The smallest absolute Gasteiger partial charge is 0.354 e. The summed E-state index contributed by atoms with van der Waals surface area (Å²) in [7, 11) is 0. The van der Waals surface area contributed by atoms with Crippen molar-refractivity contribution in [1.29, 1.82) is 0 Å². The summed E-state index contributed by atoms with van der Waals surface area (Å²) in [5.74, 6) is -0.674. The lowest BCUT2D eigenvalue weighted by atomic mass is 10.2. The van der Waals surface area contributed by atoms with Crippen LogP contribution in [-0.2, 0) is 14.7 Å². The molecule has 1 fully saturated rings. The molecule has 63 valence electrons. The summed E-state index contributed by atoms with van der Waals surface area (Å²) in [6.07, 6.45) is 3.28. The summed E-state index contributed by atoms with van der Waals surface area (Å²) < 4.78 is 0. The van der Waals surface area contributed by atoms with E-state index in [0.29, 0.717) is 0 Å². The molecule has 0 saturated carbocycles. The molecular formula is C7H12NO3. The first-order chi connectivity index (χ1) is 5.33. The van der Waals surface area contributed by atoms with Crippen LogP contribution in [0.4, 0.5) is 0 Å². The molecule has 0 bridgehead atoms. The normalized spacial score (nSPS) is 19.7. The second-order valence-corrected chi connectivity index (χ2v) is 2.60. The van der Waals surface area contributed by atoms with Crippen LogP contribution in [0.25, 0.3) is 0 Å². The molecule has 0 spiro atoms. The minimum absolute atomic E-state index is 0.674. The van der Waals surface area contributed by atoms with Gasteiger partial charge < -0.3 is 4.84 Å². The Balaban J connectivity index is 2.19. The van der Waals surface area contributed by atoms with E-state index >= 15 is 0 Å². The summed E-state index contributed by atoms with van der Waals surface area (Å²) in [5.41, 5.74) is 0. The van der Waals surface area contributed by atoms with Gasteiger partial charge in [-0.05, 0) is 12.8 Å². The predicted molar refractivity (Wildman–Crippen MR) is 37.1 cm³/mol. The fourth-order valence-electron chi connectivity index (χ4n) is 1.13. The molecule has 0 aliphatic carbocycles. The van der Waals surface area contributed by atoms with Crippen molar-refractivity contribution in [2.45, 2.75) is 19.3 Å². The van der Waals surface area contributed by atoms with E-state index in [4.69, 9.17) is 4.84 Å². The molecule has 0 aromatic heterocycles. The lowest BCUT2D eigenvalue weighted by Crippen LogP contribution is -2.33. The SMILES string of the molecule is [O]CC(=O)ON1CCCCC1. The average molecular weight is 158 g/mol. The van der Waals surface area contributed by atoms with E-state index in [1.54, 1.807) is 5.06 Å². The van der Waals surface area contributed by atoms with Crippen LogP contribution in [0.3, 0.4) is 0 Å². The fraction of sp³-hybridized carbons (Fsp3) is 0.857. The quantitative estimate of drug-likeness (QED) is 0.583. The Hall–Kier alpha value is -0.610. The van der Waals surface area contributed by atoms with Gasteiger partial charge in [0.25, 0.3) is 0 Å². The molecule has 1 saturated heterocycles. The lowest BCUT2D eigenvalue weighted by Gasteiger charge is -2.24. The minimum Gasteiger partial charge on any atom is -0.366 e. The number of rotatable bonds is 2. The van der Waals surface area contributed by atoms with Crippen molar-refractivity contribution < 1.29 is 14.7 Å². The largest absolute Gasteiger partial charge is 0.366 e. The Bertz CT molecular complexity index is 132. The molecular weight excluding hydrogens is 146 g/mol. The van der Waals surface area contributed by atoms with Gasteiger partial charge >= 0.3 is 5.97 Å². The van der Waals surface area contributed by atoms with E-state index in [1.165, 1.54) is 6.42 Å². The molecule has 4 heteroatoms. The molecule has 11 heavy (non-hydrogen) atoms. The van der Waals surface area contributed by atoms with Crippen LogP contribution in [0.1, 0.15) is 19.3 Å². The molecule has 0 aromatic carbocycles. The van der Waals surface area contributed by atoms with Gasteiger partial charge in [-0.1, -0.05) is 6.42 Å². The summed E-state index contributed by atoms with van der Waals surface area (Å²) in [6, 6.07) is 0. The molecule has 4 nitrogen and oxygen atoms in total. The second-order valence-electron chi connectivity index (χ2n) is 2.60. The van der Waals surface area contributed by atoms with Gasteiger partial charge in [0.05, 0.1) is 0 Å². The van der Waals surface area contributed by atoms with Gasteiger partial charge in [-0.2, -0.15) is 0 Å². The van der Waals surface area contributed by atoms with Crippen LogP contribution in [0.2, 0.25) is 0 Å². The fourth-order valence-corrected chi connectivity index (χ4v) is 1.13. The van der Waals surface area contributed by atoms with Crippen molar-refractivity contribution in [2.75, 3.05) is 19.7 Å². The number of nitrogens with zero attached hydrogens (tertiary/aromatic N) is 1. The molecule has 0 atom stereocenters. The van der Waals surface area contributed by atoms with Crippen LogP contribution in [0, 0.1) is 0 Å². The van der Waals surface area contributed by atoms with Crippen LogP contribution >= 0.6 is 0 Å². The first-order valence-electron chi connectivity index (χ1n) is 3.87. The summed E-state index contributed by atoms with van der Waals surface area (Å²) in [4.78, 5) is 15.2. The van der Waals surface area contributed by atoms with Crippen LogP contribution < -0.4 is 0 Å². The maximum atomic E-state index is 10.5. The van der Waals surface area contributed by atoms with Gasteiger partial charge in [0.1, 0.15) is 0 Å². The molecule has 0 aromatic rings. The summed E-state index contributed by atoms with van der Waals surface area (Å²) in [6.45, 7) is 0.758. The minimum atomic E-state index is -0.781. The first kappa shape index (κ1) is 8.49. The number of hydrogen-bond acceptors (Lipinski definition) is 3. The molecule has 1 heterocycles. The molecule has 0 N–H and O–H groups in total. The van der Waals surface area contributed by atoms with Gasteiger partial charge in [0, 0.05) is 13.1 Å². The van der Waals surface area contributed by atoms with Crippen molar-refractivity contribution in [2.24, 2.45) is 0 Å². The van der Waals surface area contributed by atoms with E-state index in [2.05, 4.69) is 0 Å². The number of carbonyl (C=O) groups is 1. The van der Waals surface area contributed by atoms with Crippen molar-refractivity contribution in [3.05, 3.63) is 0 Å². The molecule has 1 aliphatic heterocycles. The third-order valence-corrected chi connectivity index (χ3v) is 1.66. The Morgan fingerprint density at radius 3 is 2.45 bits per heavy atom. The molecule has 1 radical (unpaired) electrons. The molecule has 0 amide bonds. The standard InChI is InChI=1S/C7H12NO3/c9-6-7(10)11-8-4-2-1-3-5-8/h1-6H2. The van der Waals surface area contributed by atoms with Crippen LogP contribution in [0.5, 0.6) is 0 Å². The zero-order chi connectivity index (χ0) is 8.10. The molecule has 0 unspecified atom stereocenters. The highest BCUT2D eigenvalue weighted by Gasteiger charge is 2.13. The van der Waals surface area contributed by atoms with Gasteiger partial charge in [0.2, 0.25) is 0 Å². The predicted octanol–water partition coefficient (Wildman–Crippen LogP) is 0.361. The third-order valence-electron chi connectivity index (χ3n) is 1.66. The number of carbonyl (C=O) groups excluding carboxylic acids is 1. The van der Waals surface area contributed by atoms with Gasteiger partial charge in [-0.25, -0.2) is 9.90 Å². The van der Waals surface area contributed by atoms with Crippen molar-refractivity contribution in [3.63, 3.8) is 0 Å². The van der Waals surface area contributed by atoms with Crippen molar-refractivity contribution >= 4 is 5.97 Å². The van der Waals surface area contributed by atoms with Gasteiger partial charge in [-0.15, -0.1) is 5.06 Å². The van der Waals surface area contributed by atoms with Crippen molar-refractivity contribution in [1.82, 2.24) is 5.06 Å². The highest BCUT2D eigenvalue weighted by atomic mass is 16.7. The Morgan fingerprint density at radius 2 is 1.91 bits per heavy atom. The Morgan fingerprint density at radius 1 is 1.27 bits per heavy atom. The van der Waals surface area contributed by atoms with Gasteiger partial charge in [0.15, 0.2) is 6.61 Å². The van der Waals surface area contributed by atoms with Crippen LogP contribution in [-0.4, -0.2) is 30.7 Å². The highest BCUT2D eigenvalue weighted by molar-refractivity contribution is 5.69. The Kier molecular flexibility index (Phi) is 3.32. The average Bonchev–Trinajstić information content (AvgIpc) is 2.06. The number of hydrogen-bond donors (Lipinski definition) is 0. The van der Waals surface area contributed by atoms with E-state index in [9.17, 15) is 9.90 Å². The van der Waals surface area contributed by atoms with Crippen molar-refractivity contribution in [3.8, 4) is 0 Å². The highest BCUT2D eigenvalue weighted by Crippen LogP contribution is 2.08.